The van der Waals surface area contributed by atoms with E-state index in [1.807, 2.05) is 24.3 Å². The standard InChI is InChI=1S/C33H40N4O/c1-7-36-27-15-13-23(34)19-25(27)32(3,4)29(36)17-11-21-9-10-22(31(21)38)12-18-30-33(5,6)26-20-24(35)14-16-28(26)37(30)8-2/h11-20H,7-10,34-35H2,1-6H3/b21-11-,22-12+,29-17-,30-18+. The van der Waals surface area contributed by atoms with E-state index in [9.17, 15) is 4.79 Å². The van der Waals surface area contributed by atoms with Crippen molar-refractivity contribution >= 4 is 28.5 Å². The third-order valence-corrected chi connectivity index (χ3v) is 8.60. The minimum Gasteiger partial charge on any atom is -0.399 e. The second-order valence-corrected chi connectivity index (χ2v) is 11.6. The van der Waals surface area contributed by atoms with Crippen molar-refractivity contribution in [1.82, 2.24) is 0 Å². The lowest BCUT2D eigenvalue weighted by Gasteiger charge is -2.26. The molecule has 5 rings (SSSR count). The lowest BCUT2D eigenvalue weighted by Crippen LogP contribution is -2.25. The molecule has 2 aliphatic heterocycles. The summed E-state index contributed by atoms with van der Waals surface area (Å²) in [6, 6.07) is 12.3. The number of allylic oxidation sites excluding steroid dienone is 8. The van der Waals surface area contributed by atoms with Crippen molar-refractivity contribution in [2.24, 2.45) is 0 Å². The second kappa shape index (κ2) is 9.23. The molecule has 198 valence electrons. The van der Waals surface area contributed by atoms with E-state index in [0.717, 1.165) is 48.5 Å². The number of benzene rings is 2. The van der Waals surface area contributed by atoms with E-state index in [1.165, 1.54) is 33.9 Å². The Morgan fingerprint density at radius 1 is 0.711 bits per heavy atom. The van der Waals surface area contributed by atoms with Gasteiger partial charge in [-0.2, -0.15) is 0 Å². The number of likely N-dealkylation sites (N-methyl/N-ethyl adjacent to an activating group) is 2. The fourth-order valence-corrected chi connectivity index (χ4v) is 6.45. The number of nitrogen functional groups attached to an aromatic ring is 2. The third-order valence-electron chi connectivity index (χ3n) is 8.60. The van der Waals surface area contributed by atoms with Crippen molar-refractivity contribution in [2.75, 3.05) is 34.4 Å². The van der Waals surface area contributed by atoms with Gasteiger partial charge in [0.15, 0.2) is 5.78 Å². The Kier molecular flexibility index (Phi) is 6.29. The maximum atomic E-state index is 13.4. The topological polar surface area (TPSA) is 75.6 Å². The maximum absolute atomic E-state index is 13.4. The van der Waals surface area contributed by atoms with Crippen LogP contribution in [0, 0.1) is 0 Å². The average Bonchev–Trinajstić information content (AvgIpc) is 3.41. The third kappa shape index (κ3) is 3.96. The van der Waals surface area contributed by atoms with Gasteiger partial charge >= 0.3 is 0 Å². The molecular formula is C33H40N4O. The van der Waals surface area contributed by atoms with Crippen LogP contribution in [0.15, 0.2) is 83.2 Å². The molecule has 2 aromatic carbocycles. The Bertz CT molecular complexity index is 1330. The van der Waals surface area contributed by atoms with Crippen molar-refractivity contribution in [1.29, 1.82) is 0 Å². The number of ketones is 1. The summed E-state index contributed by atoms with van der Waals surface area (Å²) in [6.45, 7) is 15.0. The van der Waals surface area contributed by atoms with Crippen LogP contribution in [0.3, 0.4) is 0 Å². The quantitative estimate of drug-likeness (QED) is 0.352. The fourth-order valence-electron chi connectivity index (χ4n) is 6.45. The van der Waals surface area contributed by atoms with Gasteiger partial charge in [0.2, 0.25) is 0 Å². The molecule has 0 atom stereocenters. The molecule has 0 bridgehead atoms. The zero-order valence-electron chi connectivity index (χ0n) is 23.6. The largest absolute Gasteiger partial charge is 0.399 e. The van der Waals surface area contributed by atoms with E-state index in [0.29, 0.717) is 0 Å². The van der Waals surface area contributed by atoms with Gasteiger partial charge in [-0.25, -0.2) is 0 Å². The molecule has 0 unspecified atom stereocenters. The Balaban J connectivity index is 1.44. The molecule has 5 nitrogen and oxygen atoms in total. The first-order valence-corrected chi connectivity index (χ1v) is 13.7. The monoisotopic (exact) mass is 508 g/mol. The van der Waals surface area contributed by atoms with E-state index in [2.05, 4.69) is 87.8 Å². The number of rotatable bonds is 4. The molecule has 1 fully saturated rings. The first-order valence-electron chi connectivity index (χ1n) is 13.7. The van der Waals surface area contributed by atoms with E-state index in [-0.39, 0.29) is 16.6 Å². The first kappa shape index (κ1) is 25.9. The highest BCUT2D eigenvalue weighted by molar-refractivity contribution is 6.11. The molecule has 1 aliphatic carbocycles. The van der Waals surface area contributed by atoms with Gasteiger partial charge in [0.1, 0.15) is 0 Å². The average molecular weight is 509 g/mol. The van der Waals surface area contributed by atoms with Crippen LogP contribution in [0.2, 0.25) is 0 Å². The van der Waals surface area contributed by atoms with Crippen LogP contribution in [0.1, 0.15) is 65.5 Å². The van der Waals surface area contributed by atoms with Crippen molar-refractivity contribution in [3.05, 3.63) is 94.4 Å². The molecule has 2 aromatic rings. The molecule has 0 amide bonds. The Morgan fingerprint density at radius 2 is 1.11 bits per heavy atom. The fraction of sp³-hybridized carbons (Fsp3) is 0.364. The van der Waals surface area contributed by atoms with Crippen LogP contribution in [0.5, 0.6) is 0 Å². The zero-order valence-corrected chi connectivity index (χ0v) is 23.6. The van der Waals surface area contributed by atoms with Gasteiger partial charge in [-0.3, -0.25) is 4.79 Å². The van der Waals surface area contributed by atoms with Crippen molar-refractivity contribution in [3.8, 4) is 0 Å². The molecule has 5 heteroatoms. The van der Waals surface area contributed by atoms with E-state index in [4.69, 9.17) is 11.5 Å². The number of hydrogen-bond acceptors (Lipinski definition) is 5. The number of nitrogens with zero attached hydrogens (tertiary/aromatic N) is 2. The van der Waals surface area contributed by atoms with Crippen molar-refractivity contribution < 1.29 is 4.79 Å². The van der Waals surface area contributed by atoms with Crippen molar-refractivity contribution in [3.63, 3.8) is 0 Å². The van der Waals surface area contributed by atoms with Gasteiger partial charge in [0.05, 0.1) is 0 Å². The van der Waals surface area contributed by atoms with Crippen LogP contribution in [0.4, 0.5) is 22.7 Å². The van der Waals surface area contributed by atoms with E-state index >= 15 is 0 Å². The van der Waals surface area contributed by atoms with E-state index < -0.39 is 0 Å². The predicted molar refractivity (Wildman–Crippen MR) is 160 cm³/mol. The summed E-state index contributed by atoms with van der Waals surface area (Å²) in [7, 11) is 0. The molecule has 0 aromatic heterocycles. The molecule has 38 heavy (non-hydrogen) atoms. The number of carbonyl (C=O) groups excluding carboxylic acids is 1. The van der Waals surface area contributed by atoms with Crippen LogP contribution < -0.4 is 21.3 Å². The molecule has 0 saturated heterocycles. The molecular weight excluding hydrogens is 468 g/mol. The number of Topliss-reactive ketones (excluding diaryl/α,β-unsaturated/α-hetero) is 1. The van der Waals surface area contributed by atoms with Gasteiger partial charge in [-0.05, 0) is 86.4 Å². The molecule has 4 N–H and O–H groups in total. The van der Waals surface area contributed by atoms with Gasteiger partial charge in [0.25, 0.3) is 0 Å². The molecule has 2 heterocycles. The van der Waals surface area contributed by atoms with Gasteiger partial charge in [0, 0.05) is 69.2 Å². The number of anilines is 4. The smallest absolute Gasteiger partial charge is 0.185 e. The first-order chi connectivity index (χ1) is 18.0. The Morgan fingerprint density at radius 3 is 1.47 bits per heavy atom. The zero-order chi connectivity index (χ0) is 27.4. The van der Waals surface area contributed by atoms with Crippen LogP contribution in [-0.2, 0) is 15.6 Å². The molecule has 3 aliphatic rings. The second-order valence-electron chi connectivity index (χ2n) is 11.6. The van der Waals surface area contributed by atoms with Gasteiger partial charge in [-0.15, -0.1) is 0 Å². The minimum absolute atomic E-state index is 0.153. The highest BCUT2D eigenvalue weighted by Gasteiger charge is 2.40. The van der Waals surface area contributed by atoms with Gasteiger partial charge in [-0.1, -0.05) is 39.8 Å². The highest BCUT2D eigenvalue weighted by Crippen LogP contribution is 2.49. The SMILES string of the molecule is CCN1/C(=C\C=C2\CC/C(=C\C=C3\N(CC)c4ccc(N)cc4C3(C)C)C2=O)C(C)(C)c2cc(N)ccc21. The summed E-state index contributed by atoms with van der Waals surface area (Å²) in [5.74, 6) is 0.153. The minimum atomic E-state index is -0.182. The number of hydrogen-bond donors (Lipinski definition) is 2. The summed E-state index contributed by atoms with van der Waals surface area (Å²) in [6.07, 6.45) is 9.91. The van der Waals surface area contributed by atoms with E-state index in [1.54, 1.807) is 0 Å². The van der Waals surface area contributed by atoms with Gasteiger partial charge < -0.3 is 21.3 Å². The van der Waals surface area contributed by atoms with Crippen LogP contribution in [0.25, 0.3) is 0 Å². The molecule has 0 radical (unpaired) electrons. The highest BCUT2D eigenvalue weighted by atomic mass is 16.1. The number of fused-ring (bicyclic) bond motifs is 2. The molecule has 0 spiro atoms. The Labute approximate surface area is 227 Å². The summed E-state index contributed by atoms with van der Waals surface area (Å²) < 4.78 is 0. The number of nitrogens with two attached hydrogens (primary N) is 2. The predicted octanol–water partition coefficient (Wildman–Crippen LogP) is 6.77. The van der Waals surface area contributed by atoms with Crippen molar-refractivity contribution in [2.45, 2.75) is 65.2 Å². The summed E-state index contributed by atoms with van der Waals surface area (Å²) in [4.78, 5) is 18.1. The maximum Gasteiger partial charge on any atom is 0.185 e. The van der Waals surface area contributed by atoms with Crippen LogP contribution in [-0.4, -0.2) is 18.9 Å². The summed E-state index contributed by atoms with van der Waals surface area (Å²) in [5, 5.41) is 0. The Hall–Kier alpha value is -3.73. The van der Waals surface area contributed by atoms with Crippen LogP contribution >= 0.6 is 0 Å². The lowest BCUT2D eigenvalue weighted by molar-refractivity contribution is -0.111. The number of carbonyl (C=O) groups is 1. The summed E-state index contributed by atoms with van der Waals surface area (Å²) >= 11 is 0. The lowest BCUT2D eigenvalue weighted by atomic mass is 9.83. The molecule has 1 saturated carbocycles. The summed E-state index contributed by atoms with van der Waals surface area (Å²) in [5.41, 5.74) is 22.4. The normalized spacial score (nSPS) is 23.8.